The molecule has 13 heteroatoms. The van der Waals surface area contributed by atoms with Gasteiger partial charge >= 0.3 is 0 Å². The van der Waals surface area contributed by atoms with Crippen LogP contribution in [0, 0.1) is 58.2 Å². The lowest BCUT2D eigenvalue weighted by Gasteiger charge is -2.46. The molecule has 2 bridgehead atoms. The molecule has 0 amide bonds. The molecule has 11 nitrogen and oxygen atoms in total. The number of nitrogens with two attached hydrogens (primary N) is 1. The van der Waals surface area contributed by atoms with E-state index in [1.54, 1.807) is 21.6 Å². The Kier molecular flexibility index (Phi) is 15.1. The molecular weight excluding hydrogens is 881 g/mol. The van der Waals surface area contributed by atoms with E-state index in [0.29, 0.717) is 49.7 Å². The first-order valence-electron chi connectivity index (χ1n) is 25.5. The van der Waals surface area contributed by atoms with Crippen LogP contribution in [-0.4, -0.2) is 103 Å². The number of benzene rings is 1. The van der Waals surface area contributed by atoms with Crippen LogP contribution >= 0.6 is 21.6 Å². The predicted octanol–water partition coefficient (Wildman–Crippen LogP) is 6.84. The summed E-state index contributed by atoms with van der Waals surface area (Å²) in [5.41, 5.74) is 12.9. The Morgan fingerprint density at radius 1 is 1.04 bits per heavy atom. The van der Waals surface area contributed by atoms with Crippen LogP contribution in [0.5, 0.6) is 11.5 Å². The monoisotopic (exact) mass is 957 g/mol. The molecule has 1 spiro atoms. The summed E-state index contributed by atoms with van der Waals surface area (Å²) in [6, 6.07) is 7.94. The SMILES string of the molecule is CCC1Cc2cc(O)c(OC3CC(Cc4ccc[nH]4)C4=CCNC(N)=C4CSSCC(CO)C3O)cc2C2CC(O)C3C(C#CC4(CC)CC(NCC(C)O)CC(CC45CCCC5)C3O)C=C12. The zero-order valence-corrected chi connectivity index (χ0v) is 41.4. The van der Waals surface area contributed by atoms with E-state index in [1.807, 2.05) is 31.3 Å². The van der Waals surface area contributed by atoms with Gasteiger partial charge in [0.05, 0.1) is 24.4 Å². The van der Waals surface area contributed by atoms with Crippen LogP contribution in [0.4, 0.5) is 0 Å². The minimum atomic E-state index is -1.04. The maximum absolute atomic E-state index is 12.9. The van der Waals surface area contributed by atoms with Crippen molar-refractivity contribution in [1.29, 1.82) is 0 Å². The smallest absolute Gasteiger partial charge is 0.161 e. The van der Waals surface area contributed by atoms with Crippen LogP contribution in [0.1, 0.15) is 114 Å². The summed E-state index contributed by atoms with van der Waals surface area (Å²) in [4.78, 5) is 3.37. The first kappa shape index (κ1) is 48.9. The van der Waals surface area contributed by atoms with Gasteiger partial charge in [0, 0.05) is 83.8 Å². The van der Waals surface area contributed by atoms with Gasteiger partial charge in [0.15, 0.2) is 11.5 Å². The summed E-state index contributed by atoms with van der Waals surface area (Å²) in [6.45, 7) is 7.19. The fourth-order valence-corrected chi connectivity index (χ4v) is 16.5. The number of aromatic hydroxyl groups is 1. The summed E-state index contributed by atoms with van der Waals surface area (Å²) in [7, 11) is 3.27. The van der Waals surface area contributed by atoms with E-state index in [-0.39, 0.29) is 64.6 Å². The Balaban J connectivity index is 1.09. The minimum absolute atomic E-state index is 0.00458. The van der Waals surface area contributed by atoms with Crippen molar-refractivity contribution >= 4 is 21.6 Å². The Hall–Kier alpha value is -3.06. The van der Waals surface area contributed by atoms with Crippen molar-refractivity contribution < 1.29 is 35.4 Å². The number of aromatic nitrogens is 1. The molecule has 1 saturated heterocycles. The number of dihydropyridines is 1. The van der Waals surface area contributed by atoms with Crippen molar-refractivity contribution in [2.24, 2.45) is 52.1 Å². The Labute approximate surface area is 406 Å². The molecule has 0 radical (unpaired) electrons. The van der Waals surface area contributed by atoms with E-state index in [9.17, 15) is 30.6 Å². The number of aliphatic hydroxyl groups is 5. The van der Waals surface area contributed by atoms with E-state index in [1.165, 1.54) is 18.4 Å². The molecule has 2 aromatic rings. The van der Waals surface area contributed by atoms with Crippen LogP contribution in [0.3, 0.4) is 0 Å². The number of fused-ring (bicyclic) bond motifs is 6. The molecule has 2 saturated carbocycles. The van der Waals surface area contributed by atoms with Gasteiger partial charge in [-0.05, 0) is 142 Å². The number of hydrogen-bond acceptors (Lipinski definition) is 12. The zero-order valence-electron chi connectivity index (χ0n) is 39.8. The molecule has 14 atom stereocenters. The molecule has 14 unspecified atom stereocenters. The van der Waals surface area contributed by atoms with Gasteiger partial charge in [-0.1, -0.05) is 77.8 Å². The zero-order chi connectivity index (χ0) is 47.0. The van der Waals surface area contributed by atoms with Gasteiger partial charge in [-0.3, -0.25) is 0 Å². The summed E-state index contributed by atoms with van der Waals surface area (Å²) in [5.74, 6) is 8.54. The average Bonchev–Trinajstić information content (AvgIpc) is 3.97. The molecule has 11 N–H and O–H groups in total. The number of nitrogens with one attached hydrogen (secondary N) is 3. The normalized spacial score (nSPS) is 36.6. The lowest BCUT2D eigenvalue weighted by molar-refractivity contribution is -0.0473. The second kappa shape index (κ2) is 20.7. The van der Waals surface area contributed by atoms with Crippen molar-refractivity contribution in [1.82, 2.24) is 15.6 Å². The standard InChI is InChI=1S/C54H76N4O7S2/c1-4-32-17-34-21-45(61)47(65-48-22-35(18-38-9-8-15-56-38)40-11-16-57-52(55)44(40)30-67-66-29-37(28-59)50(48)63)24-42(34)43-23-46(62)49-33(20-41(32)43)10-14-53(5-2)26-39(58-27-31(3)60)19-36(51(49)64)25-54(53)12-6-7-13-54/h8-9,11,15,20-21,24,31-33,35-37,39,43,46,48-51,56-64H,4-7,12-13,16-19,22-23,25-30,55H2,1-3H3. The van der Waals surface area contributed by atoms with Crippen LogP contribution in [-0.2, 0) is 12.8 Å². The second-order valence-electron chi connectivity index (χ2n) is 21.4. The van der Waals surface area contributed by atoms with Gasteiger partial charge in [-0.2, -0.15) is 0 Å². The van der Waals surface area contributed by atoms with Crippen molar-refractivity contribution in [3.05, 3.63) is 82.0 Å². The molecular formula is C54H76N4O7S2. The molecule has 2 aliphatic heterocycles. The van der Waals surface area contributed by atoms with Crippen molar-refractivity contribution in [3.8, 4) is 23.3 Å². The fraction of sp³-hybridized carbons (Fsp3) is 0.667. The predicted molar refractivity (Wildman–Crippen MR) is 268 cm³/mol. The molecule has 3 fully saturated rings. The van der Waals surface area contributed by atoms with Crippen LogP contribution in [0.25, 0.3) is 0 Å². The Bertz CT molecular complexity index is 2210. The molecule has 1 aromatic carbocycles. The summed E-state index contributed by atoms with van der Waals surface area (Å²) < 4.78 is 6.94. The third-order valence-electron chi connectivity index (χ3n) is 17.5. The number of aliphatic hydroxyl groups excluding tert-OH is 5. The summed E-state index contributed by atoms with van der Waals surface area (Å²) >= 11 is 0. The van der Waals surface area contributed by atoms with Crippen molar-refractivity contribution in [3.63, 3.8) is 0 Å². The molecule has 3 heterocycles. The van der Waals surface area contributed by atoms with Gasteiger partial charge in [0.1, 0.15) is 11.9 Å². The molecule has 366 valence electrons. The largest absolute Gasteiger partial charge is 0.504 e. The van der Waals surface area contributed by atoms with E-state index in [0.717, 1.165) is 79.3 Å². The number of phenolic OH excluding ortho intramolecular Hbond substituents is 1. The molecule has 7 aliphatic rings. The lowest BCUT2D eigenvalue weighted by Crippen LogP contribution is -2.44. The quantitative estimate of drug-likeness (QED) is 0.0678. The van der Waals surface area contributed by atoms with E-state index in [2.05, 4.69) is 59.5 Å². The number of rotatable bonds is 10. The Morgan fingerprint density at radius 3 is 2.60 bits per heavy atom. The summed E-state index contributed by atoms with van der Waals surface area (Å²) in [6.07, 6.45) is 13.7. The van der Waals surface area contributed by atoms with Gasteiger partial charge in [0.2, 0.25) is 0 Å². The maximum Gasteiger partial charge on any atom is 0.161 e. The number of aromatic amines is 1. The highest BCUT2D eigenvalue weighted by Gasteiger charge is 2.57. The van der Waals surface area contributed by atoms with E-state index in [4.69, 9.17) is 10.5 Å². The second-order valence-corrected chi connectivity index (χ2v) is 23.9. The molecule has 9 rings (SSSR count). The van der Waals surface area contributed by atoms with E-state index < -0.39 is 42.4 Å². The highest BCUT2D eigenvalue weighted by Crippen LogP contribution is 2.62. The average molecular weight is 957 g/mol. The third kappa shape index (κ3) is 9.74. The number of phenols is 1. The first-order chi connectivity index (χ1) is 32.4. The van der Waals surface area contributed by atoms with Crippen LogP contribution in [0.15, 0.2) is 65.2 Å². The molecule has 67 heavy (non-hydrogen) atoms. The lowest BCUT2D eigenvalue weighted by atomic mass is 9.57. The van der Waals surface area contributed by atoms with Gasteiger partial charge in [-0.25, -0.2) is 0 Å². The highest BCUT2D eigenvalue weighted by atomic mass is 33.1. The third-order valence-corrected chi connectivity index (χ3v) is 19.9. The fourth-order valence-electron chi connectivity index (χ4n) is 14.0. The number of hydrogen-bond donors (Lipinski definition) is 10. The summed E-state index contributed by atoms with van der Waals surface area (Å²) in [5, 5.41) is 77.7. The number of allylic oxidation sites excluding steroid dienone is 3. The first-order valence-corrected chi connectivity index (χ1v) is 28.0. The van der Waals surface area contributed by atoms with Crippen LogP contribution in [0.2, 0.25) is 0 Å². The minimum Gasteiger partial charge on any atom is -0.504 e. The van der Waals surface area contributed by atoms with Crippen molar-refractivity contribution in [2.45, 2.75) is 147 Å². The van der Waals surface area contributed by atoms with Gasteiger partial charge in [-0.15, -0.1) is 0 Å². The number of ether oxygens (including phenoxy) is 1. The van der Waals surface area contributed by atoms with E-state index >= 15 is 0 Å². The Morgan fingerprint density at radius 2 is 1.87 bits per heavy atom. The van der Waals surface area contributed by atoms with Crippen LogP contribution < -0.4 is 21.1 Å². The van der Waals surface area contributed by atoms with Gasteiger partial charge < -0.3 is 56.7 Å². The number of H-pyrrole nitrogens is 1. The highest BCUT2D eigenvalue weighted by molar-refractivity contribution is 8.76. The van der Waals surface area contributed by atoms with Gasteiger partial charge in [0.25, 0.3) is 0 Å². The maximum atomic E-state index is 12.9. The van der Waals surface area contributed by atoms with Crippen molar-refractivity contribution in [2.75, 3.05) is 31.2 Å². The molecule has 5 aliphatic carbocycles. The topological polar surface area (TPSA) is 196 Å². The molecule has 1 aromatic heterocycles.